The van der Waals surface area contributed by atoms with Gasteiger partial charge in [-0.3, -0.25) is 0 Å². The largest absolute Gasteiger partial charge is 0.350 e. The number of hydrogen-bond acceptors (Lipinski definition) is 6. The Hall–Kier alpha value is -2.77. The summed E-state index contributed by atoms with van der Waals surface area (Å²) in [6.45, 7) is 5.89. The number of hydrogen-bond donors (Lipinski definition) is 1. The molecule has 1 N–H and O–H groups in total. The van der Waals surface area contributed by atoms with E-state index in [2.05, 4.69) is 67.3 Å². The van der Waals surface area contributed by atoms with Crippen LogP contribution in [-0.2, 0) is 6.42 Å². The zero-order chi connectivity index (χ0) is 23.1. The van der Waals surface area contributed by atoms with Gasteiger partial charge in [0.2, 0.25) is 5.95 Å². The van der Waals surface area contributed by atoms with Crippen LogP contribution in [0, 0.1) is 6.42 Å². The van der Waals surface area contributed by atoms with Crippen molar-refractivity contribution in [2.75, 3.05) is 61.0 Å². The van der Waals surface area contributed by atoms with E-state index in [9.17, 15) is 0 Å². The van der Waals surface area contributed by atoms with Crippen LogP contribution in [0.1, 0.15) is 18.5 Å². The third-order valence-electron chi connectivity index (χ3n) is 7.22. The van der Waals surface area contributed by atoms with Gasteiger partial charge in [0, 0.05) is 68.2 Å². The summed E-state index contributed by atoms with van der Waals surface area (Å²) in [5.74, 6) is 2.00. The topological polar surface area (TPSA) is 54.5 Å². The number of halogens is 1. The molecule has 0 amide bonds. The summed E-state index contributed by atoms with van der Waals surface area (Å²) in [5.41, 5.74) is 4.53. The van der Waals surface area contributed by atoms with Crippen LogP contribution < -0.4 is 14.7 Å². The van der Waals surface area contributed by atoms with Crippen LogP contribution in [0.25, 0.3) is 11.3 Å². The molecule has 2 fully saturated rings. The lowest BCUT2D eigenvalue weighted by molar-refractivity contribution is 0.311. The lowest BCUT2D eigenvalue weighted by Crippen LogP contribution is -2.52. The molecule has 0 aliphatic carbocycles. The van der Waals surface area contributed by atoms with Crippen LogP contribution in [-0.4, -0.2) is 72.3 Å². The SMILES string of the molecule is CN1CCN(c2nc3c([nH]2)-c2cc(Cl)ccc2N(C2C[C]CCN2c2ccccn2)CC3)CC1. The summed E-state index contributed by atoms with van der Waals surface area (Å²) in [4.78, 5) is 23.1. The van der Waals surface area contributed by atoms with Crippen LogP contribution in [0.4, 0.5) is 17.5 Å². The number of anilines is 3. The zero-order valence-electron chi connectivity index (χ0n) is 19.5. The maximum Gasteiger partial charge on any atom is 0.203 e. The van der Waals surface area contributed by atoms with Gasteiger partial charge in [0.1, 0.15) is 12.0 Å². The van der Waals surface area contributed by atoms with Gasteiger partial charge in [0.05, 0.1) is 11.4 Å². The molecule has 6 rings (SSSR count). The lowest BCUT2D eigenvalue weighted by atomic mass is 10.0. The molecule has 8 heteroatoms. The fraction of sp³-hybridized carbons (Fsp3) is 0.423. The first kappa shape index (κ1) is 21.7. The molecule has 176 valence electrons. The number of nitrogens with one attached hydrogen (secondary N) is 1. The molecule has 0 spiro atoms. The third-order valence-corrected chi connectivity index (χ3v) is 7.45. The Morgan fingerprint density at radius 3 is 2.74 bits per heavy atom. The Labute approximate surface area is 206 Å². The summed E-state index contributed by atoms with van der Waals surface area (Å²) in [7, 11) is 2.18. The maximum absolute atomic E-state index is 6.52. The number of aromatic amines is 1. The van der Waals surface area contributed by atoms with Gasteiger partial charge in [-0.1, -0.05) is 17.7 Å². The van der Waals surface area contributed by atoms with E-state index in [4.69, 9.17) is 16.6 Å². The molecule has 0 saturated carbocycles. The molecular weight excluding hydrogens is 446 g/mol. The Bertz CT molecular complexity index is 1140. The number of pyridine rings is 1. The summed E-state index contributed by atoms with van der Waals surface area (Å²) < 4.78 is 0. The normalized spacial score (nSPS) is 21.2. The van der Waals surface area contributed by atoms with E-state index in [1.807, 2.05) is 18.3 Å². The van der Waals surface area contributed by atoms with Crippen LogP contribution in [0.2, 0.25) is 5.02 Å². The minimum atomic E-state index is 0.157. The highest BCUT2D eigenvalue weighted by molar-refractivity contribution is 6.31. The molecule has 1 atom stereocenters. The number of nitrogens with zero attached hydrogens (tertiary/aromatic N) is 6. The van der Waals surface area contributed by atoms with Gasteiger partial charge in [-0.15, -0.1) is 0 Å². The van der Waals surface area contributed by atoms with E-state index in [1.165, 1.54) is 5.69 Å². The average Bonchev–Trinajstić information content (AvgIpc) is 3.24. The highest BCUT2D eigenvalue weighted by Gasteiger charge is 2.34. The second-order valence-corrected chi connectivity index (χ2v) is 9.78. The predicted molar refractivity (Wildman–Crippen MR) is 138 cm³/mol. The highest BCUT2D eigenvalue weighted by Crippen LogP contribution is 2.41. The lowest BCUT2D eigenvalue weighted by Gasteiger charge is -2.44. The third kappa shape index (κ3) is 4.01. The van der Waals surface area contributed by atoms with Gasteiger partial charge in [-0.2, -0.15) is 0 Å². The molecule has 2 aromatic heterocycles. The van der Waals surface area contributed by atoms with Crippen LogP contribution >= 0.6 is 11.6 Å². The van der Waals surface area contributed by atoms with Crippen molar-refractivity contribution in [2.24, 2.45) is 0 Å². The monoisotopic (exact) mass is 475 g/mol. The number of likely N-dealkylation sites (N-methyl/N-ethyl adjacent to an activating group) is 1. The number of fused-ring (bicyclic) bond motifs is 3. The van der Waals surface area contributed by atoms with Gasteiger partial charge in [0.15, 0.2) is 0 Å². The molecule has 2 radical (unpaired) electrons. The van der Waals surface area contributed by atoms with E-state index in [-0.39, 0.29) is 6.17 Å². The molecule has 0 bridgehead atoms. The first-order valence-corrected chi connectivity index (χ1v) is 12.5. The number of piperazine rings is 1. The fourth-order valence-corrected chi connectivity index (χ4v) is 5.51. The van der Waals surface area contributed by atoms with Crippen molar-refractivity contribution in [3.05, 3.63) is 59.7 Å². The smallest absolute Gasteiger partial charge is 0.203 e. The Balaban J connectivity index is 1.37. The van der Waals surface area contributed by atoms with Gasteiger partial charge in [-0.25, -0.2) is 9.97 Å². The Kier molecular flexibility index (Phi) is 5.83. The number of piperidine rings is 1. The fourth-order valence-electron chi connectivity index (χ4n) is 5.34. The van der Waals surface area contributed by atoms with Gasteiger partial charge < -0.3 is 24.6 Å². The van der Waals surface area contributed by atoms with E-state index >= 15 is 0 Å². The van der Waals surface area contributed by atoms with Gasteiger partial charge in [0.25, 0.3) is 0 Å². The second kappa shape index (κ2) is 9.12. The van der Waals surface area contributed by atoms with Crippen molar-refractivity contribution in [2.45, 2.75) is 25.4 Å². The molecule has 5 heterocycles. The Morgan fingerprint density at radius 1 is 1.03 bits per heavy atom. The molecule has 3 aliphatic rings. The molecule has 34 heavy (non-hydrogen) atoms. The number of benzene rings is 1. The Morgan fingerprint density at radius 2 is 1.91 bits per heavy atom. The van der Waals surface area contributed by atoms with Gasteiger partial charge >= 0.3 is 0 Å². The number of H-pyrrole nitrogens is 1. The summed E-state index contributed by atoms with van der Waals surface area (Å²) >= 11 is 6.52. The van der Waals surface area contributed by atoms with Crippen molar-refractivity contribution >= 4 is 29.1 Å². The highest BCUT2D eigenvalue weighted by atomic mass is 35.5. The van der Waals surface area contributed by atoms with Crippen molar-refractivity contribution in [1.82, 2.24) is 19.9 Å². The number of aromatic nitrogens is 3. The zero-order valence-corrected chi connectivity index (χ0v) is 20.3. The van der Waals surface area contributed by atoms with Crippen LogP contribution in [0.5, 0.6) is 0 Å². The average molecular weight is 476 g/mol. The summed E-state index contributed by atoms with van der Waals surface area (Å²) in [6, 6.07) is 12.4. The minimum Gasteiger partial charge on any atom is -0.350 e. The molecule has 1 aromatic carbocycles. The molecule has 1 unspecified atom stereocenters. The maximum atomic E-state index is 6.52. The standard InChI is InChI=1S/C26H30ClN7/c1-31-14-16-32(17-15-31)26-29-21-10-13-33(22-9-8-19(27)18-20(22)25(21)30-26)24-7-3-5-12-34(24)23-6-2-4-11-28-23/h2,4,6,8-9,11,18,24H,5,7,10,12-17H2,1H3,(H,29,30). The van der Waals surface area contributed by atoms with Crippen molar-refractivity contribution in [1.29, 1.82) is 0 Å². The van der Waals surface area contributed by atoms with Crippen molar-refractivity contribution < 1.29 is 0 Å². The van der Waals surface area contributed by atoms with Crippen LogP contribution in [0.3, 0.4) is 0 Å². The molecule has 2 saturated heterocycles. The summed E-state index contributed by atoms with van der Waals surface area (Å²) in [6.07, 6.45) is 8.31. The molecule has 3 aliphatic heterocycles. The number of rotatable bonds is 3. The van der Waals surface area contributed by atoms with Crippen molar-refractivity contribution in [3.8, 4) is 11.3 Å². The first-order chi connectivity index (χ1) is 16.7. The first-order valence-electron chi connectivity index (χ1n) is 12.1. The number of imidazole rings is 1. The van der Waals surface area contributed by atoms with E-state index in [1.54, 1.807) is 0 Å². The minimum absolute atomic E-state index is 0.157. The van der Waals surface area contributed by atoms with E-state index in [0.717, 1.165) is 92.3 Å². The predicted octanol–water partition coefficient (Wildman–Crippen LogP) is 3.95. The molecule has 3 aromatic rings. The van der Waals surface area contributed by atoms with E-state index in [0.29, 0.717) is 0 Å². The molecule has 7 nitrogen and oxygen atoms in total. The summed E-state index contributed by atoms with van der Waals surface area (Å²) in [5, 5.41) is 0.741. The molecular formula is C26H30ClN7. The van der Waals surface area contributed by atoms with Crippen LogP contribution in [0.15, 0.2) is 42.6 Å². The quantitative estimate of drug-likeness (QED) is 0.619. The van der Waals surface area contributed by atoms with Crippen molar-refractivity contribution in [3.63, 3.8) is 0 Å². The second-order valence-electron chi connectivity index (χ2n) is 9.34. The van der Waals surface area contributed by atoms with E-state index < -0.39 is 0 Å². The van der Waals surface area contributed by atoms with Gasteiger partial charge in [-0.05, 0) is 56.6 Å².